The molecule has 1 saturated heterocycles. The molecule has 1 amide bonds. The largest absolute Gasteiger partial charge is 0.508 e. The van der Waals surface area contributed by atoms with Crippen LogP contribution in [-0.2, 0) is 4.79 Å². The summed E-state index contributed by atoms with van der Waals surface area (Å²) in [7, 11) is 0. The van der Waals surface area contributed by atoms with Crippen LogP contribution in [0.3, 0.4) is 0 Å². The van der Waals surface area contributed by atoms with Crippen LogP contribution < -0.4 is 4.90 Å². The van der Waals surface area contributed by atoms with Gasteiger partial charge in [-0.3, -0.25) is 4.79 Å². The molecule has 4 rings (SSSR count). The molecule has 2 aromatic rings. The minimum absolute atomic E-state index is 0.191. The lowest BCUT2D eigenvalue weighted by molar-refractivity contribution is -0.113. The first-order chi connectivity index (χ1) is 13.1. The van der Waals surface area contributed by atoms with Crippen LogP contribution in [0.15, 0.2) is 58.4 Å². The molecule has 0 aromatic heterocycles. The van der Waals surface area contributed by atoms with Crippen molar-refractivity contribution < 1.29 is 9.90 Å². The normalized spacial score (nSPS) is 18.9. The predicted molar refractivity (Wildman–Crippen MR) is 111 cm³/mol. The molecule has 5 nitrogen and oxygen atoms in total. The molecular weight excluding hydrogens is 358 g/mol. The highest BCUT2D eigenvalue weighted by Crippen LogP contribution is 2.31. The topological polar surface area (TPSA) is 56.1 Å². The zero-order chi connectivity index (χ0) is 18.8. The van der Waals surface area contributed by atoms with Crippen LogP contribution in [0.5, 0.6) is 5.75 Å². The highest BCUT2D eigenvalue weighted by atomic mass is 32.2. The first kappa shape index (κ1) is 17.7. The van der Waals surface area contributed by atoms with E-state index in [2.05, 4.69) is 46.0 Å². The minimum atomic E-state index is -0.191. The van der Waals surface area contributed by atoms with Crippen LogP contribution in [0.1, 0.15) is 11.1 Å². The summed E-state index contributed by atoms with van der Waals surface area (Å²) in [5, 5.41) is 10.2. The van der Waals surface area contributed by atoms with Gasteiger partial charge in [-0.05, 0) is 60.2 Å². The van der Waals surface area contributed by atoms with Gasteiger partial charge in [0.25, 0.3) is 5.91 Å². The van der Waals surface area contributed by atoms with Crippen molar-refractivity contribution in [1.29, 1.82) is 0 Å². The van der Waals surface area contributed by atoms with Gasteiger partial charge in [0.2, 0.25) is 0 Å². The molecule has 1 N–H and O–H groups in total. The predicted octanol–water partition coefficient (Wildman–Crippen LogP) is 3.49. The Morgan fingerprint density at radius 3 is 2.44 bits per heavy atom. The van der Waals surface area contributed by atoms with E-state index >= 15 is 0 Å². The number of aliphatic imine (C=N–C) groups is 1. The zero-order valence-electron chi connectivity index (χ0n) is 15.1. The van der Waals surface area contributed by atoms with E-state index in [1.54, 1.807) is 24.3 Å². The number of carbonyl (C=O) groups is 1. The molecule has 2 aromatic carbocycles. The average Bonchev–Trinajstić information content (AvgIpc) is 3.04. The Hall–Kier alpha value is -2.73. The van der Waals surface area contributed by atoms with Gasteiger partial charge in [-0.25, -0.2) is 0 Å². The molecule has 0 unspecified atom stereocenters. The Bertz CT molecular complexity index is 913. The van der Waals surface area contributed by atoms with Gasteiger partial charge >= 0.3 is 0 Å². The van der Waals surface area contributed by atoms with E-state index < -0.39 is 0 Å². The summed E-state index contributed by atoms with van der Waals surface area (Å²) in [5.41, 5.74) is 3.39. The van der Waals surface area contributed by atoms with Crippen molar-refractivity contribution in [1.82, 2.24) is 4.90 Å². The van der Waals surface area contributed by atoms with E-state index in [0.29, 0.717) is 4.91 Å². The molecule has 27 heavy (non-hydrogen) atoms. The van der Waals surface area contributed by atoms with Crippen molar-refractivity contribution in [2.45, 2.75) is 6.92 Å². The van der Waals surface area contributed by atoms with Crippen molar-refractivity contribution in [3.63, 3.8) is 0 Å². The number of rotatable bonds is 2. The second kappa shape index (κ2) is 7.48. The zero-order valence-corrected chi connectivity index (χ0v) is 15.9. The van der Waals surface area contributed by atoms with Gasteiger partial charge in [-0.2, -0.15) is 4.99 Å². The second-order valence-corrected chi connectivity index (χ2v) is 7.72. The highest BCUT2D eigenvalue weighted by Gasteiger charge is 2.28. The van der Waals surface area contributed by atoms with Crippen LogP contribution in [-0.4, -0.2) is 47.3 Å². The van der Waals surface area contributed by atoms with E-state index in [-0.39, 0.29) is 11.7 Å². The molecule has 138 valence electrons. The van der Waals surface area contributed by atoms with Crippen LogP contribution in [0.2, 0.25) is 0 Å². The molecular formula is C21H21N3O2S. The molecule has 2 aliphatic heterocycles. The third-order valence-corrected chi connectivity index (χ3v) is 5.76. The van der Waals surface area contributed by atoms with Crippen LogP contribution in [0, 0.1) is 6.92 Å². The fourth-order valence-corrected chi connectivity index (χ4v) is 4.20. The van der Waals surface area contributed by atoms with Crippen molar-refractivity contribution in [2.24, 2.45) is 4.99 Å². The third kappa shape index (κ3) is 4.01. The number of aromatic hydroxyl groups is 1. The number of hydrogen-bond donors (Lipinski definition) is 1. The van der Waals surface area contributed by atoms with E-state index in [1.165, 1.54) is 23.0 Å². The van der Waals surface area contributed by atoms with Crippen molar-refractivity contribution in [3.8, 4) is 5.75 Å². The summed E-state index contributed by atoms with van der Waals surface area (Å²) in [6.07, 6.45) is 1.83. The van der Waals surface area contributed by atoms with E-state index in [1.807, 2.05) is 6.08 Å². The number of carbonyl (C=O) groups excluding carboxylic acids is 1. The fourth-order valence-electron chi connectivity index (χ4n) is 3.24. The summed E-state index contributed by atoms with van der Waals surface area (Å²) in [6, 6.07) is 15.4. The quantitative estimate of drug-likeness (QED) is 0.810. The number of aryl methyl sites for hydroxylation is 1. The summed E-state index contributed by atoms with van der Waals surface area (Å²) >= 11 is 1.43. The van der Waals surface area contributed by atoms with E-state index in [9.17, 15) is 9.90 Å². The third-order valence-electron chi connectivity index (χ3n) is 4.72. The number of phenols is 1. The van der Waals surface area contributed by atoms with Gasteiger partial charge in [0, 0.05) is 31.9 Å². The Morgan fingerprint density at radius 2 is 1.74 bits per heavy atom. The minimum Gasteiger partial charge on any atom is -0.508 e. The second-order valence-electron chi connectivity index (χ2n) is 6.71. The number of nitrogens with zero attached hydrogens (tertiary/aromatic N) is 3. The van der Waals surface area contributed by atoms with Crippen LogP contribution in [0.4, 0.5) is 5.69 Å². The van der Waals surface area contributed by atoms with Crippen molar-refractivity contribution in [3.05, 3.63) is 64.6 Å². The Labute approximate surface area is 163 Å². The number of hydrogen-bond acceptors (Lipinski definition) is 5. The first-order valence-corrected chi connectivity index (χ1v) is 9.78. The Morgan fingerprint density at radius 1 is 1.04 bits per heavy atom. The molecule has 0 spiro atoms. The molecule has 2 aliphatic rings. The van der Waals surface area contributed by atoms with Gasteiger partial charge in [-0.15, -0.1) is 0 Å². The monoisotopic (exact) mass is 379 g/mol. The van der Waals surface area contributed by atoms with E-state index in [0.717, 1.165) is 36.9 Å². The fraction of sp³-hybridized carbons (Fsp3) is 0.238. The molecule has 2 heterocycles. The standard InChI is InChI=1S/C21H21N3O2S/c1-15-3-2-4-17(13-15)23-9-11-24(12-10-23)21-22-20(26)19(27-21)14-16-5-7-18(25)8-6-16/h2-8,13-14,25H,9-12H2,1H3/b19-14-. The number of thioether (sulfide) groups is 1. The molecule has 0 aliphatic carbocycles. The van der Waals surface area contributed by atoms with Gasteiger partial charge in [0.1, 0.15) is 5.75 Å². The molecule has 0 atom stereocenters. The van der Waals surface area contributed by atoms with Crippen molar-refractivity contribution >= 4 is 34.6 Å². The van der Waals surface area contributed by atoms with Gasteiger partial charge in [0.05, 0.1) is 4.91 Å². The van der Waals surface area contributed by atoms with Gasteiger partial charge < -0.3 is 14.9 Å². The SMILES string of the molecule is Cc1cccc(N2CCN(C3=NC(=O)/C(=C/c4ccc(O)cc4)S3)CC2)c1. The molecule has 6 heteroatoms. The highest BCUT2D eigenvalue weighted by molar-refractivity contribution is 8.18. The lowest BCUT2D eigenvalue weighted by atomic mass is 10.2. The molecule has 1 fully saturated rings. The number of phenolic OH excluding ortho intramolecular Hbond substituents is 1. The van der Waals surface area contributed by atoms with Gasteiger partial charge in [0.15, 0.2) is 5.17 Å². The summed E-state index contributed by atoms with van der Waals surface area (Å²) in [5.74, 6) is 0.0233. The van der Waals surface area contributed by atoms with E-state index in [4.69, 9.17) is 0 Å². The number of amides is 1. The summed E-state index contributed by atoms with van der Waals surface area (Å²) in [4.78, 5) is 21.7. The maximum absolute atomic E-state index is 12.3. The maximum Gasteiger partial charge on any atom is 0.286 e. The van der Waals surface area contributed by atoms with Crippen LogP contribution in [0.25, 0.3) is 6.08 Å². The lowest BCUT2D eigenvalue weighted by Crippen LogP contribution is -2.47. The Kier molecular flexibility index (Phi) is 4.90. The average molecular weight is 379 g/mol. The smallest absolute Gasteiger partial charge is 0.286 e. The van der Waals surface area contributed by atoms with Crippen LogP contribution >= 0.6 is 11.8 Å². The Balaban J connectivity index is 1.40. The number of anilines is 1. The lowest BCUT2D eigenvalue weighted by Gasteiger charge is -2.36. The number of piperazine rings is 1. The summed E-state index contributed by atoms with van der Waals surface area (Å²) in [6.45, 7) is 5.62. The first-order valence-electron chi connectivity index (χ1n) is 8.97. The molecule has 0 saturated carbocycles. The summed E-state index contributed by atoms with van der Waals surface area (Å²) < 4.78 is 0. The molecule has 0 radical (unpaired) electrons. The van der Waals surface area contributed by atoms with Gasteiger partial charge in [-0.1, -0.05) is 24.3 Å². The number of benzene rings is 2. The maximum atomic E-state index is 12.3. The van der Waals surface area contributed by atoms with Crippen molar-refractivity contribution in [2.75, 3.05) is 31.1 Å². The molecule has 0 bridgehead atoms. The number of amidine groups is 1.